The molecule has 0 aliphatic heterocycles. The molecule has 0 unspecified atom stereocenters. The summed E-state index contributed by atoms with van der Waals surface area (Å²) in [6, 6.07) is 13.0. The monoisotopic (exact) mass is 340 g/mol. The van der Waals surface area contributed by atoms with E-state index in [9.17, 15) is 4.79 Å². The molecule has 122 valence electrons. The molecule has 6 heteroatoms. The van der Waals surface area contributed by atoms with Crippen LogP contribution >= 0.6 is 11.6 Å². The highest BCUT2D eigenvalue weighted by atomic mass is 35.5. The number of para-hydroxylation sites is 1. The maximum absolute atomic E-state index is 12.7. The third kappa shape index (κ3) is 3.46. The number of benzene rings is 1. The summed E-state index contributed by atoms with van der Waals surface area (Å²) in [5, 5.41) is 4.30. The summed E-state index contributed by atoms with van der Waals surface area (Å²) in [7, 11) is 3.80. The zero-order chi connectivity index (χ0) is 17.1. The van der Waals surface area contributed by atoms with E-state index in [0.29, 0.717) is 17.1 Å². The predicted octanol–water partition coefficient (Wildman–Crippen LogP) is 3.28. The van der Waals surface area contributed by atoms with Crippen molar-refractivity contribution in [2.24, 2.45) is 0 Å². The molecule has 2 aromatic heterocycles. The first-order chi connectivity index (χ1) is 11.5. The van der Waals surface area contributed by atoms with Crippen LogP contribution in [0.15, 0.2) is 48.7 Å². The lowest BCUT2D eigenvalue weighted by molar-refractivity contribution is 0.0952. The predicted molar refractivity (Wildman–Crippen MR) is 96.5 cm³/mol. The van der Waals surface area contributed by atoms with Gasteiger partial charge in [0.15, 0.2) is 0 Å². The van der Waals surface area contributed by atoms with Crippen molar-refractivity contribution in [3.05, 3.63) is 64.9 Å². The molecule has 1 amide bonds. The van der Waals surface area contributed by atoms with Gasteiger partial charge in [-0.05, 0) is 24.3 Å². The first-order valence-electron chi connectivity index (χ1n) is 7.50. The number of amides is 1. The van der Waals surface area contributed by atoms with E-state index in [4.69, 9.17) is 11.6 Å². The number of carbonyl (C=O) groups is 1. The Morgan fingerprint density at radius 2 is 2.00 bits per heavy atom. The second-order valence-corrected chi connectivity index (χ2v) is 6.03. The molecule has 5 nitrogen and oxygen atoms in total. The van der Waals surface area contributed by atoms with Crippen LogP contribution in [0.4, 0.5) is 5.82 Å². The van der Waals surface area contributed by atoms with Gasteiger partial charge in [0, 0.05) is 25.7 Å². The number of fused-ring (bicyclic) bond motifs is 1. The number of pyridine rings is 2. The zero-order valence-corrected chi connectivity index (χ0v) is 14.2. The molecule has 0 radical (unpaired) electrons. The van der Waals surface area contributed by atoms with Gasteiger partial charge in [-0.25, -0.2) is 4.98 Å². The minimum absolute atomic E-state index is 0.159. The van der Waals surface area contributed by atoms with Crippen LogP contribution in [0.1, 0.15) is 16.1 Å². The number of anilines is 1. The average molecular weight is 341 g/mol. The highest BCUT2D eigenvalue weighted by Gasteiger charge is 2.13. The molecule has 1 N–H and O–H groups in total. The normalized spacial score (nSPS) is 10.6. The molecule has 0 saturated carbocycles. The topological polar surface area (TPSA) is 58.1 Å². The standard InChI is InChI=1S/C18H17ClN4O/c1-23(2)17-9-15(14-5-3-4-6-16(14)22-17)18(24)21-11-13-8-7-12(19)10-20-13/h3-10H,11H2,1-2H3,(H,21,24). The lowest BCUT2D eigenvalue weighted by Gasteiger charge is -2.15. The third-order valence-corrected chi connectivity index (χ3v) is 3.85. The van der Waals surface area contributed by atoms with E-state index < -0.39 is 0 Å². The molecule has 24 heavy (non-hydrogen) atoms. The summed E-state index contributed by atoms with van der Waals surface area (Å²) >= 11 is 5.82. The molecule has 2 heterocycles. The van der Waals surface area contributed by atoms with Gasteiger partial charge >= 0.3 is 0 Å². The first kappa shape index (κ1) is 16.2. The van der Waals surface area contributed by atoms with Crippen molar-refractivity contribution in [1.82, 2.24) is 15.3 Å². The molecule has 3 aromatic rings. The number of nitrogens with zero attached hydrogens (tertiary/aromatic N) is 3. The number of hydrogen-bond acceptors (Lipinski definition) is 4. The van der Waals surface area contributed by atoms with Gasteiger partial charge in [-0.15, -0.1) is 0 Å². The van der Waals surface area contributed by atoms with Crippen LogP contribution in [-0.2, 0) is 6.54 Å². The maximum Gasteiger partial charge on any atom is 0.252 e. The van der Waals surface area contributed by atoms with Crippen LogP contribution in [0.3, 0.4) is 0 Å². The number of aromatic nitrogens is 2. The Balaban J connectivity index is 1.89. The van der Waals surface area contributed by atoms with Gasteiger partial charge in [0.25, 0.3) is 5.91 Å². The van der Waals surface area contributed by atoms with Crippen LogP contribution < -0.4 is 10.2 Å². The van der Waals surface area contributed by atoms with E-state index in [-0.39, 0.29) is 5.91 Å². The van der Waals surface area contributed by atoms with E-state index in [1.165, 1.54) is 0 Å². The van der Waals surface area contributed by atoms with E-state index in [1.807, 2.05) is 43.3 Å². The Labute approximate surface area is 145 Å². The fraction of sp³-hybridized carbons (Fsp3) is 0.167. The Hall–Kier alpha value is -2.66. The molecule has 0 saturated heterocycles. The van der Waals surface area contributed by atoms with Crippen LogP contribution in [0.5, 0.6) is 0 Å². The van der Waals surface area contributed by atoms with Crippen molar-refractivity contribution in [3.8, 4) is 0 Å². The number of hydrogen-bond donors (Lipinski definition) is 1. The largest absolute Gasteiger partial charge is 0.363 e. The minimum Gasteiger partial charge on any atom is -0.363 e. The molecular weight excluding hydrogens is 324 g/mol. The highest BCUT2D eigenvalue weighted by Crippen LogP contribution is 2.22. The quantitative estimate of drug-likeness (QED) is 0.792. The molecule has 0 fully saturated rings. The third-order valence-electron chi connectivity index (χ3n) is 3.62. The van der Waals surface area contributed by atoms with Crippen LogP contribution in [0.25, 0.3) is 10.9 Å². The van der Waals surface area contributed by atoms with Crippen molar-refractivity contribution >= 4 is 34.2 Å². The Morgan fingerprint density at radius 1 is 1.21 bits per heavy atom. The first-order valence-corrected chi connectivity index (χ1v) is 7.88. The summed E-state index contributed by atoms with van der Waals surface area (Å²) in [5.41, 5.74) is 2.13. The molecule has 0 atom stereocenters. The number of rotatable bonds is 4. The van der Waals surface area contributed by atoms with E-state index in [1.54, 1.807) is 24.4 Å². The molecular formula is C18H17ClN4O. The number of nitrogens with one attached hydrogen (secondary N) is 1. The van der Waals surface area contributed by atoms with Gasteiger partial charge in [0.2, 0.25) is 0 Å². The van der Waals surface area contributed by atoms with Crippen LogP contribution in [0.2, 0.25) is 5.02 Å². The summed E-state index contributed by atoms with van der Waals surface area (Å²) < 4.78 is 0. The van der Waals surface area contributed by atoms with Gasteiger partial charge in [-0.1, -0.05) is 29.8 Å². The summed E-state index contributed by atoms with van der Waals surface area (Å²) in [6.07, 6.45) is 1.56. The molecule has 0 aliphatic rings. The average Bonchev–Trinajstić information content (AvgIpc) is 2.60. The molecule has 0 aliphatic carbocycles. The van der Waals surface area contributed by atoms with Gasteiger partial charge in [-0.3, -0.25) is 9.78 Å². The lowest BCUT2D eigenvalue weighted by Crippen LogP contribution is -2.24. The summed E-state index contributed by atoms with van der Waals surface area (Å²) in [4.78, 5) is 23.3. The van der Waals surface area contributed by atoms with Crippen molar-refractivity contribution < 1.29 is 4.79 Å². The Kier molecular flexibility index (Phi) is 4.62. The van der Waals surface area contributed by atoms with Gasteiger partial charge in [0.1, 0.15) is 5.82 Å². The summed E-state index contributed by atoms with van der Waals surface area (Å²) in [5.74, 6) is 0.580. The van der Waals surface area contributed by atoms with E-state index in [2.05, 4.69) is 15.3 Å². The lowest BCUT2D eigenvalue weighted by atomic mass is 10.1. The van der Waals surface area contributed by atoms with Crippen molar-refractivity contribution in [3.63, 3.8) is 0 Å². The fourth-order valence-electron chi connectivity index (χ4n) is 2.36. The minimum atomic E-state index is -0.159. The van der Waals surface area contributed by atoms with Crippen LogP contribution in [0, 0.1) is 0 Å². The number of halogens is 1. The SMILES string of the molecule is CN(C)c1cc(C(=O)NCc2ccc(Cl)cn2)c2ccccc2n1. The second kappa shape index (κ2) is 6.84. The van der Waals surface area contributed by atoms with Gasteiger partial charge < -0.3 is 10.2 Å². The fourth-order valence-corrected chi connectivity index (χ4v) is 2.47. The maximum atomic E-state index is 12.7. The molecule has 1 aromatic carbocycles. The Morgan fingerprint density at radius 3 is 2.71 bits per heavy atom. The van der Waals surface area contributed by atoms with Gasteiger partial charge in [-0.2, -0.15) is 0 Å². The van der Waals surface area contributed by atoms with Crippen molar-refractivity contribution in [2.75, 3.05) is 19.0 Å². The van der Waals surface area contributed by atoms with Crippen molar-refractivity contribution in [2.45, 2.75) is 6.54 Å². The highest BCUT2D eigenvalue weighted by molar-refractivity contribution is 6.30. The van der Waals surface area contributed by atoms with Gasteiger partial charge in [0.05, 0.1) is 28.3 Å². The number of carbonyl (C=O) groups excluding carboxylic acids is 1. The van der Waals surface area contributed by atoms with Crippen molar-refractivity contribution in [1.29, 1.82) is 0 Å². The molecule has 3 rings (SSSR count). The van der Waals surface area contributed by atoms with E-state index in [0.717, 1.165) is 22.4 Å². The van der Waals surface area contributed by atoms with E-state index >= 15 is 0 Å². The molecule has 0 spiro atoms. The smallest absolute Gasteiger partial charge is 0.252 e. The van der Waals surface area contributed by atoms with Crippen LogP contribution in [-0.4, -0.2) is 30.0 Å². The summed E-state index contributed by atoms with van der Waals surface area (Å²) in [6.45, 7) is 0.337. The second-order valence-electron chi connectivity index (χ2n) is 5.59. The zero-order valence-electron chi connectivity index (χ0n) is 13.5. The Bertz CT molecular complexity index is 878. The molecule has 0 bridgehead atoms.